The lowest BCUT2D eigenvalue weighted by Gasteiger charge is -2.25. The average molecular weight is 372 g/mol. The summed E-state index contributed by atoms with van der Waals surface area (Å²) in [5, 5.41) is 9.14. The van der Waals surface area contributed by atoms with Crippen molar-refractivity contribution in [2.45, 2.75) is 31.8 Å². The monoisotopic (exact) mass is 371 g/mol. The van der Waals surface area contributed by atoms with Crippen molar-refractivity contribution in [1.29, 1.82) is 0 Å². The summed E-state index contributed by atoms with van der Waals surface area (Å²) >= 11 is 0. The minimum atomic E-state index is -0.250. The molecule has 5 nitrogen and oxygen atoms in total. The van der Waals surface area contributed by atoms with Crippen molar-refractivity contribution >= 4 is 35.6 Å². The number of anilines is 2. The molecule has 0 spiro atoms. The highest BCUT2D eigenvalue weighted by molar-refractivity contribution is 5.97. The molecule has 1 saturated carbocycles. The van der Waals surface area contributed by atoms with E-state index in [1.807, 2.05) is 30.3 Å². The molecule has 136 valence electrons. The molecule has 1 aliphatic carbocycles. The summed E-state index contributed by atoms with van der Waals surface area (Å²) in [4.78, 5) is 24.4. The molecular weight excluding hydrogens is 350 g/mol. The van der Waals surface area contributed by atoms with E-state index in [1.54, 1.807) is 6.07 Å². The summed E-state index contributed by atoms with van der Waals surface area (Å²) in [6, 6.07) is 15.2. The van der Waals surface area contributed by atoms with Crippen molar-refractivity contribution in [3.05, 3.63) is 59.7 Å². The highest BCUT2D eigenvalue weighted by Gasteiger charge is 2.29. The average Bonchev–Trinajstić information content (AvgIpc) is 3.47. The van der Waals surface area contributed by atoms with Crippen molar-refractivity contribution in [3.8, 4) is 0 Å². The predicted octanol–water partition coefficient (Wildman–Crippen LogP) is 3.11. The molecule has 1 atom stereocenters. The second-order valence-corrected chi connectivity index (χ2v) is 6.74. The fourth-order valence-electron chi connectivity index (χ4n) is 3.13. The van der Waals surface area contributed by atoms with Gasteiger partial charge < -0.3 is 16.0 Å². The van der Waals surface area contributed by atoms with Gasteiger partial charge in [0.2, 0.25) is 11.8 Å². The third-order valence-electron chi connectivity index (χ3n) is 4.74. The Balaban J connectivity index is 0.00000196. The van der Waals surface area contributed by atoms with Gasteiger partial charge in [-0.1, -0.05) is 30.3 Å². The highest BCUT2D eigenvalue weighted by Crippen LogP contribution is 2.30. The molecule has 0 aromatic heterocycles. The Kier molecular flexibility index (Phi) is 5.59. The number of amides is 2. The molecule has 2 aliphatic rings. The zero-order valence-electron chi connectivity index (χ0n) is 14.3. The number of benzene rings is 2. The third kappa shape index (κ3) is 4.23. The van der Waals surface area contributed by atoms with Crippen LogP contribution in [0.3, 0.4) is 0 Å². The summed E-state index contributed by atoms with van der Waals surface area (Å²) in [6.07, 6.45) is 2.62. The molecular formula is C20H22ClN3O2. The molecule has 2 amide bonds. The first-order valence-corrected chi connectivity index (χ1v) is 8.71. The van der Waals surface area contributed by atoms with Gasteiger partial charge in [-0.15, -0.1) is 12.4 Å². The van der Waals surface area contributed by atoms with Crippen LogP contribution in [0.2, 0.25) is 0 Å². The number of carbonyl (C=O) groups is 2. The maximum absolute atomic E-state index is 12.6. The number of fused-ring (bicyclic) bond motifs is 1. The van der Waals surface area contributed by atoms with E-state index in [4.69, 9.17) is 0 Å². The van der Waals surface area contributed by atoms with E-state index in [9.17, 15) is 9.59 Å². The van der Waals surface area contributed by atoms with Crippen LogP contribution in [0.25, 0.3) is 0 Å². The lowest BCUT2D eigenvalue weighted by molar-refractivity contribution is -0.118. The Bertz CT molecular complexity index is 820. The second kappa shape index (κ2) is 7.89. The van der Waals surface area contributed by atoms with Crippen LogP contribution in [0.4, 0.5) is 11.4 Å². The van der Waals surface area contributed by atoms with Crippen LogP contribution in [0, 0.1) is 5.92 Å². The van der Waals surface area contributed by atoms with E-state index < -0.39 is 0 Å². The molecule has 2 aromatic rings. The highest BCUT2D eigenvalue weighted by atomic mass is 35.5. The zero-order chi connectivity index (χ0) is 17.2. The van der Waals surface area contributed by atoms with Gasteiger partial charge in [0.1, 0.15) is 0 Å². The largest absolute Gasteiger partial charge is 0.326 e. The van der Waals surface area contributed by atoms with Crippen LogP contribution >= 0.6 is 12.4 Å². The normalized spacial score (nSPS) is 18.2. The van der Waals surface area contributed by atoms with E-state index in [0.29, 0.717) is 18.7 Å². The van der Waals surface area contributed by atoms with Gasteiger partial charge in [-0.05, 0) is 48.6 Å². The van der Waals surface area contributed by atoms with Crippen molar-refractivity contribution in [3.63, 3.8) is 0 Å². The predicted molar refractivity (Wildman–Crippen MR) is 104 cm³/mol. The van der Waals surface area contributed by atoms with Gasteiger partial charge in [0.15, 0.2) is 0 Å². The Labute approximate surface area is 159 Å². The topological polar surface area (TPSA) is 70.2 Å². The first-order chi connectivity index (χ1) is 12.2. The van der Waals surface area contributed by atoms with Crippen LogP contribution in [-0.2, 0) is 22.6 Å². The van der Waals surface area contributed by atoms with E-state index in [-0.39, 0.29) is 36.2 Å². The Morgan fingerprint density at radius 2 is 1.54 bits per heavy atom. The molecule has 0 radical (unpaired) electrons. The number of hydrogen-bond acceptors (Lipinski definition) is 3. The number of halogens is 1. The molecule has 6 heteroatoms. The van der Waals surface area contributed by atoms with Gasteiger partial charge in [-0.25, -0.2) is 0 Å². The lowest BCUT2D eigenvalue weighted by atomic mass is 9.95. The molecule has 3 N–H and O–H groups in total. The van der Waals surface area contributed by atoms with E-state index >= 15 is 0 Å². The van der Waals surface area contributed by atoms with Crippen molar-refractivity contribution in [2.24, 2.45) is 5.92 Å². The standard InChI is InChI=1S/C20H21N3O2.ClH/c24-19(13-8-9-13)22-16-6-3-7-17(11-16)23-20(25)18-10-14-4-1-2-5-15(14)12-21-18;/h1-7,11,13,18,21H,8-10,12H2,(H,22,24)(H,23,25);1H. The fraction of sp³-hybridized carbons (Fsp3) is 0.300. The van der Waals surface area contributed by atoms with Gasteiger partial charge in [0.05, 0.1) is 6.04 Å². The van der Waals surface area contributed by atoms with Crippen LogP contribution < -0.4 is 16.0 Å². The Morgan fingerprint density at radius 1 is 0.885 bits per heavy atom. The summed E-state index contributed by atoms with van der Waals surface area (Å²) in [5.41, 5.74) is 3.87. The van der Waals surface area contributed by atoms with Crippen LogP contribution in [0.1, 0.15) is 24.0 Å². The number of hydrogen-bond donors (Lipinski definition) is 3. The van der Waals surface area contributed by atoms with Gasteiger partial charge in [-0.3, -0.25) is 9.59 Å². The number of nitrogens with one attached hydrogen (secondary N) is 3. The van der Waals surface area contributed by atoms with E-state index in [0.717, 1.165) is 18.5 Å². The van der Waals surface area contributed by atoms with Gasteiger partial charge in [0, 0.05) is 23.8 Å². The molecule has 1 unspecified atom stereocenters. The quantitative estimate of drug-likeness (QED) is 0.773. The minimum absolute atomic E-state index is 0. The molecule has 0 saturated heterocycles. The first-order valence-electron chi connectivity index (χ1n) is 8.71. The maximum atomic E-state index is 12.6. The van der Waals surface area contributed by atoms with E-state index in [1.165, 1.54) is 11.1 Å². The SMILES string of the molecule is Cl.O=C(Nc1cccc(NC(=O)C2Cc3ccccc3CN2)c1)C1CC1. The summed E-state index contributed by atoms with van der Waals surface area (Å²) in [5.74, 6) is 0.166. The first kappa shape index (κ1) is 18.4. The summed E-state index contributed by atoms with van der Waals surface area (Å²) in [6.45, 7) is 0.700. The van der Waals surface area contributed by atoms with Crippen molar-refractivity contribution < 1.29 is 9.59 Å². The Hall–Kier alpha value is -2.37. The minimum Gasteiger partial charge on any atom is -0.326 e. The maximum Gasteiger partial charge on any atom is 0.241 e. The van der Waals surface area contributed by atoms with Crippen molar-refractivity contribution in [2.75, 3.05) is 10.6 Å². The number of rotatable bonds is 4. The lowest BCUT2D eigenvalue weighted by Crippen LogP contribution is -2.44. The molecule has 26 heavy (non-hydrogen) atoms. The van der Waals surface area contributed by atoms with Crippen LogP contribution in [0.5, 0.6) is 0 Å². The Morgan fingerprint density at radius 3 is 2.23 bits per heavy atom. The van der Waals surface area contributed by atoms with Crippen LogP contribution in [0.15, 0.2) is 48.5 Å². The van der Waals surface area contributed by atoms with Gasteiger partial charge in [0.25, 0.3) is 0 Å². The molecule has 1 fully saturated rings. The van der Waals surface area contributed by atoms with E-state index in [2.05, 4.69) is 28.1 Å². The molecule has 4 rings (SSSR count). The molecule has 1 aliphatic heterocycles. The smallest absolute Gasteiger partial charge is 0.241 e. The number of carbonyl (C=O) groups excluding carboxylic acids is 2. The van der Waals surface area contributed by atoms with Crippen LogP contribution in [-0.4, -0.2) is 17.9 Å². The van der Waals surface area contributed by atoms with Gasteiger partial charge in [-0.2, -0.15) is 0 Å². The van der Waals surface area contributed by atoms with Gasteiger partial charge >= 0.3 is 0 Å². The zero-order valence-corrected chi connectivity index (χ0v) is 15.1. The second-order valence-electron chi connectivity index (χ2n) is 6.74. The summed E-state index contributed by atoms with van der Waals surface area (Å²) in [7, 11) is 0. The fourth-order valence-corrected chi connectivity index (χ4v) is 3.13. The summed E-state index contributed by atoms with van der Waals surface area (Å²) < 4.78 is 0. The molecule has 0 bridgehead atoms. The van der Waals surface area contributed by atoms with Crippen molar-refractivity contribution in [1.82, 2.24) is 5.32 Å². The molecule has 2 aromatic carbocycles. The molecule has 1 heterocycles. The third-order valence-corrected chi connectivity index (χ3v) is 4.74.